The maximum Gasteiger partial charge on any atom is 0.240 e. The van der Waals surface area contributed by atoms with E-state index in [1.807, 2.05) is 18.2 Å². The predicted molar refractivity (Wildman–Crippen MR) is 131 cm³/mol. The van der Waals surface area contributed by atoms with Crippen molar-refractivity contribution in [3.05, 3.63) is 47.5 Å². The Morgan fingerprint density at radius 1 is 1.19 bits per heavy atom. The third kappa shape index (κ3) is 4.32. The van der Waals surface area contributed by atoms with Gasteiger partial charge in [-0.05, 0) is 31.9 Å². The molecular formula is C22H24ClN7O5S. The van der Waals surface area contributed by atoms with Gasteiger partial charge in [-0.1, -0.05) is 28.9 Å². The van der Waals surface area contributed by atoms with Crippen molar-refractivity contribution in [3.8, 4) is 11.5 Å². The molecule has 1 saturated carbocycles. The van der Waals surface area contributed by atoms with Crippen LogP contribution in [0.15, 0.2) is 41.2 Å². The molecule has 0 bridgehead atoms. The average Bonchev–Trinajstić information content (AvgIpc) is 3.32. The first-order chi connectivity index (χ1) is 17.3. The van der Waals surface area contributed by atoms with Crippen LogP contribution in [-0.2, 0) is 25.0 Å². The van der Waals surface area contributed by atoms with E-state index in [1.165, 1.54) is 26.4 Å². The minimum absolute atomic E-state index is 0.0466. The van der Waals surface area contributed by atoms with Gasteiger partial charge in [-0.2, -0.15) is 0 Å². The van der Waals surface area contributed by atoms with Gasteiger partial charge in [0.25, 0.3) is 0 Å². The monoisotopic (exact) mass is 533 g/mol. The molecule has 4 aromatic rings. The van der Waals surface area contributed by atoms with Gasteiger partial charge in [0.15, 0.2) is 22.9 Å². The molecule has 1 aliphatic rings. The van der Waals surface area contributed by atoms with Crippen molar-refractivity contribution in [1.82, 2.24) is 29.9 Å². The molecule has 1 N–H and O–H groups in total. The number of hydrogen-bond acceptors (Lipinski definition) is 10. The Hall–Kier alpha value is -3.13. The third-order valence-corrected chi connectivity index (χ3v) is 8.15. The summed E-state index contributed by atoms with van der Waals surface area (Å²) in [5.41, 5.74) is 0.526. The van der Waals surface area contributed by atoms with Crippen molar-refractivity contribution < 1.29 is 22.4 Å². The van der Waals surface area contributed by atoms with E-state index in [-0.39, 0.29) is 11.8 Å². The number of methoxy groups -OCH3 is 2. The molecule has 1 aromatic carbocycles. The van der Waals surface area contributed by atoms with Gasteiger partial charge in [-0.15, -0.1) is 10.2 Å². The number of ether oxygens (including phenoxy) is 2. The molecule has 0 amide bonds. The fourth-order valence-electron chi connectivity index (χ4n) is 4.20. The van der Waals surface area contributed by atoms with E-state index in [0.29, 0.717) is 28.7 Å². The lowest BCUT2D eigenvalue weighted by Crippen LogP contribution is -2.35. The SMILES string of the molecule is COCC1(n2c(NS(=O)(=O)C(C)C(OC)c3ncc(Cl)cn3)nnc2-c2noc3ccccc23)CC1. The van der Waals surface area contributed by atoms with Gasteiger partial charge in [0.1, 0.15) is 11.4 Å². The number of fused-ring (bicyclic) bond motifs is 1. The molecule has 2 unspecified atom stereocenters. The molecule has 0 aliphatic heterocycles. The molecule has 0 radical (unpaired) electrons. The number of nitrogens with zero attached hydrogens (tertiary/aromatic N) is 6. The summed E-state index contributed by atoms with van der Waals surface area (Å²) in [5, 5.41) is 12.7. The summed E-state index contributed by atoms with van der Waals surface area (Å²) in [6.07, 6.45) is 3.32. The first-order valence-electron chi connectivity index (χ1n) is 11.1. The quantitative estimate of drug-likeness (QED) is 0.322. The normalized spacial score (nSPS) is 16.7. The lowest BCUT2D eigenvalue weighted by atomic mass is 10.2. The number of halogens is 1. The number of aromatic nitrogens is 6. The number of benzene rings is 1. The van der Waals surface area contributed by atoms with Crippen LogP contribution in [0.3, 0.4) is 0 Å². The maximum atomic E-state index is 13.5. The predicted octanol–water partition coefficient (Wildman–Crippen LogP) is 3.18. The molecule has 36 heavy (non-hydrogen) atoms. The largest absolute Gasteiger partial charge is 0.382 e. The van der Waals surface area contributed by atoms with E-state index in [0.717, 1.165) is 18.2 Å². The maximum absolute atomic E-state index is 13.5. The number of hydrogen-bond donors (Lipinski definition) is 1. The van der Waals surface area contributed by atoms with E-state index in [4.69, 9.17) is 25.6 Å². The van der Waals surface area contributed by atoms with Crippen LogP contribution in [0.25, 0.3) is 22.5 Å². The summed E-state index contributed by atoms with van der Waals surface area (Å²) in [7, 11) is -1.06. The summed E-state index contributed by atoms with van der Waals surface area (Å²) < 4.78 is 47.7. The second kappa shape index (κ2) is 9.39. The number of rotatable bonds is 10. The molecule has 1 fully saturated rings. The van der Waals surface area contributed by atoms with Crippen LogP contribution in [-0.4, -0.2) is 64.4 Å². The molecule has 1 aliphatic carbocycles. The molecular weight excluding hydrogens is 510 g/mol. The minimum atomic E-state index is -4.05. The molecule has 0 saturated heterocycles. The lowest BCUT2D eigenvalue weighted by molar-refractivity contribution is 0.0950. The summed E-state index contributed by atoms with van der Waals surface area (Å²) in [6, 6.07) is 7.36. The second-order valence-electron chi connectivity index (χ2n) is 8.64. The van der Waals surface area contributed by atoms with Crippen LogP contribution in [0, 0.1) is 0 Å². The highest BCUT2D eigenvalue weighted by atomic mass is 35.5. The molecule has 3 heterocycles. The van der Waals surface area contributed by atoms with Crippen molar-refractivity contribution in [3.63, 3.8) is 0 Å². The fourth-order valence-corrected chi connectivity index (χ4v) is 5.43. The third-order valence-electron chi connectivity index (χ3n) is 6.26. The Balaban J connectivity index is 1.54. The van der Waals surface area contributed by atoms with Crippen LogP contribution in [0.5, 0.6) is 0 Å². The van der Waals surface area contributed by atoms with Crippen LogP contribution in [0.1, 0.15) is 31.7 Å². The van der Waals surface area contributed by atoms with Gasteiger partial charge in [0.05, 0.1) is 22.6 Å². The van der Waals surface area contributed by atoms with Crippen molar-refractivity contribution in [2.75, 3.05) is 25.5 Å². The number of para-hydroxylation sites is 1. The zero-order valence-corrected chi connectivity index (χ0v) is 21.3. The number of nitrogens with one attached hydrogen (secondary N) is 1. The summed E-state index contributed by atoms with van der Waals surface area (Å²) >= 11 is 5.87. The molecule has 0 spiro atoms. The molecule has 14 heteroatoms. The summed E-state index contributed by atoms with van der Waals surface area (Å²) in [4.78, 5) is 8.24. The van der Waals surface area contributed by atoms with Crippen molar-refractivity contribution in [2.45, 2.75) is 36.7 Å². The van der Waals surface area contributed by atoms with Crippen LogP contribution in [0.2, 0.25) is 5.02 Å². The minimum Gasteiger partial charge on any atom is -0.382 e. The standard InChI is InChI=1S/C22H24ClN7O5S/c1-13(18(34-3)19-24-10-14(23)11-25-19)36(31,32)29-21-27-26-20(30(21)22(8-9-22)12-33-2)17-15-6-4-5-7-16(15)35-28-17/h4-7,10-11,13,18H,8-9,12H2,1-3H3,(H,27,29). The van der Waals surface area contributed by atoms with Gasteiger partial charge in [-0.25, -0.2) is 18.4 Å². The number of sulfonamides is 1. The van der Waals surface area contributed by atoms with Gasteiger partial charge < -0.3 is 14.0 Å². The zero-order valence-electron chi connectivity index (χ0n) is 19.8. The lowest BCUT2D eigenvalue weighted by Gasteiger charge is -2.24. The fraction of sp³-hybridized carbons (Fsp3) is 0.409. The highest BCUT2D eigenvalue weighted by Gasteiger charge is 2.49. The highest BCUT2D eigenvalue weighted by molar-refractivity contribution is 7.93. The molecule has 12 nitrogen and oxygen atoms in total. The summed E-state index contributed by atoms with van der Waals surface area (Å²) in [5.74, 6) is 0.614. The smallest absolute Gasteiger partial charge is 0.240 e. The highest BCUT2D eigenvalue weighted by Crippen LogP contribution is 2.48. The van der Waals surface area contributed by atoms with Crippen LogP contribution < -0.4 is 4.72 Å². The van der Waals surface area contributed by atoms with Crippen LogP contribution >= 0.6 is 11.6 Å². The van der Waals surface area contributed by atoms with E-state index in [2.05, 4.69) is 30.0 Å². The molecule has 190 valence electrons. The van der Waals surface area contributed by atoms with Crippen LogP contribution in [0.4, 0.5) is 5.95 Å². The van der Waals surface area contributed by atoms with Gasteiger partial charge in [0.2, 0.25) is 16.0 Å². The zero-order chi connectivity index (χ0) is 25.5. The van der Waals surface area contributed by atoms with Gasteiger partial charge in [0, 0.05) is 26.6 Å². The van der Waals surface area contributed by atoms with E-state index >= 15 is 0 Å². The Morgan fingerprint density at radius 2 is 1.92 bits per heavy atom. The van der Waals surface area contributed by atoms with E-state index in [9.17, 15) is 8.42 Å². The topological polar surface area (TPSA) is 147 Å². The average molecular weight is 534 g/mol. The summed E-state index contributed by atoms with van der Waals surface area (Å²) in [6.45, 7) is 1.85. The first kappa shape index (κ1) is 24.6. The molecule has 5 rings (SSSR count). The van der Waals surface area contributed by atoms with E-state index < -0.39 is 26.9 Å². The Morgan fingerprint density at radius 3 is 2.58 bits per heavy atom. The second-order valence-corrected chi connectivity index (χ2v) is 11.1. The first-order valence-corrected chi connectivity index (χ1v) is 13.0. The Labute approximate surface area is 212 Å². The Kier molecular flexibility index (Phi) is 6.41. The molecule has 2 atom stereocenters. The van der Waals surface area contributed by atoms with Crippen molar-refractivity contribution in [1.29, 1.82) is 0 Å². The molecule has 3 aromatic heterocycles. The Bertz CT molecular complexity index is 1480. The van der Waals surface area contributed by atoms with Crippen molar-refractivity contribution in [2.24, 2.45) is 0 Å². The number of anilines is 1. The van der Waals surface area contributed by atoms with Crippen molar-refractivity contribution >= 4 is 38.5 Å². The van der Waals surface area contributed by atoms with E-state index in [1.54, 1.807) is 17.7 Å². The van der Waals surface area contributed by atoms with Gasteiger partial charge >= 0.3 is 0 Å². The van der Waals surface area contributed by atoms with Gasteiger partial charge in [-0.3, -0.25) is 9.29 Å².